The monoisotopic (exact) mass is 305 g/mol. The number of piperidine rings is 1. The first kappa shape index (κ1) is 16.5. The number of hydrogen-bond acceptors (Lipinski definition) is 4. The average Bonchev–Trinajstić information content (AvgIpc) is 2.59. The smallest absolute Gasteiger partial charge is 0.337 e. The lowest BCUT2D eigenvalue weighted by Crippen LogP contribution is -2.39. The molecule has 1 aliphatic rings. The molecule has 1 amide bonds. The molecule has 0 bridgehead atoms. The van der Waals surface area contributed by atoms with Gasteiger partial charge in [-0.15, -0.1) is 0 Å². The van der Waals surface area contributed by atoms with E-state index in [1.165, 1.54) is 7.11 Å². The maximum atomic E-state index is 12.2. The predicted molar refractivity (Wildman–Crippen MR) is 82.5 cm³/mol. The molecule has 1 heterocycles. The summed E-state index contributed by atoms with van der Waals surface area (Å²) in [5.74, 6) is 0.151. The Bertz CT molecular complexity index is 504. The Kier molecular flexibility index (Phi) is 5.95. The predicted octanol–water partition coefficient (Wildman–Crippen LogP) is 1.64. The molecule has 22 heavy (non-hydrogen) atoms. The van der Waals surface area contributed by atoms with E-state index >= 15 is 0 Å². The second-order valence-corrected chi connectivity index (χ2v) is 5.70. The van der Waals surface area contributed by atoms with Crippen LogP contribution in [0.1, 0.15) is 35.2 Å². The summed E-state index contributed by atoms with van der Waals surface area (Å²) in [7, 11) is 1.36. The van der Waals surface area contributed by atoms with Crippen molar-refractivity contribution in [1.29, 1.82) is 0 Å². The average molecular weight is 305 g/mol. The van der Waals surface area contributed by atoms with Gasteiger partial charge in [0.05, 0.1) is 12.7 Å². The minimum Gasteiger partial charge on any atom is -0.465 e. The van der Waals surface area contributed by atoms with E-state index in [0.717, 1.165) is 31.5 Å². The van der Waals surface area contributed by atoms with Gasteiger partial charge in [0, 0.05) is 26.1 Å². The van der Waals surface area contributed by atoms with Crippen molar-refractivity contribution in [3.05, 3.63) is 35.4 Å². The number of aliphatic hydroxyl groups excluding tert-OH is 1. The Balaban J connectivity index is 1.80. The number of carbonyl (C=O) groups excluding carboxylic acids is 2. The lowest BCUT2D eigenvalue weighted by molar-refractivity contribution is -0.132. The number of methoxy groups -OCH3 is 1. The number of aliphatic hydroxyl groups is 1. The SMILES string of the molecule is COC(=O)c1ccc(CCC(=O)N2CCC(CO)CC2)cc1. The molecule has 1 saturated heterocycles. The quantitative estimate of drug-likeness (QED) is 0.840. The van der Waals surface area contributed by atoms with Crippen LogP contribution in [0, 0.1) is 5.92 Å². The van der Waals surface area contributed by atoms with Gasteiger partial charge in [-0.1, -0.05) is 12.1 Å². The second-order valence-electron chi connectivity index (χ2n) is 5.70. The highest BCUT2D eigenvalue weighted by Gasteiger charge is 2.21. The fourth-order valence-corrected chi connectivity index (χ4v) is 2.70. The minimum atomic E-state index is -0.352. The van der Waals surface area contributed by atoms with Crippen LogP contribution in [-0.2, 0) is 16.0 Å². The minimum absolute atomic E-state index is 0.161. The van der Waals surface area contributed by atoms with Gasteiger partial charge >= 0.3 is 5.97 Å². The molecule has 1 fully saturated rings. The molecule has 0 unspecified atom stereocenters. The van der Waals surface area contributed by atoms with E-state index in [4.69, 9.17) is 5.11 Å². The van der Waals surface area contributed by atoms with E-state index in [1.807, 2.05) is 17.0 Å². The molecule has 0 aliphatic carbocycles. The number of likely N-dealkylation sites (tertiary alicyclic amines) is 1. The highest BCUT2D eigenvalue weighted by molar-refractivity contribution is 5.89. The van der Waals surface area contributed by atoms with Crippen LogP contribution in [0.15, 0.2) is 24.3 Å². The highest BCUT2D eigenvalue weighted by Crippen LogP contribution is 2.17. The van der Waals surface area contributed by atoms with Crippen molar-refractivity contribution in [1.82, 2.24) is 4.90 Å². The molecule has 1 aliphatic heterocycles. The van der Waals surface area contributed by atoms with Crippen LogP contribution >= 0.6 is 0 Å². The van der Waals surface area contributed by atoms with Crippen molar-refractivity contribution in [3.63, 3.8) is 0 Å². The van der Waals surface area contributed by atoms with Gasteiger partial charge < -0.3 is 14.7 Å². The lowest BCUT2D eigenvalue weighted by atomic mass is 9.97. The fourth-order valence-electron chi connectivity index (χ4n) is 2.70. The molecule has 2 rings (SSSR count). The summed E-state index contributed by atoms with van der Waals surface area (Å²) in [5, 5.41) is 9.11. The van der Waals surface area contributed by atoms with Gasteiger partial charge in [-0.3, -0.25) is 4.79 Å². The number of aryl methyl sites for hydroxylation is 1. The van der Waals surface area contributed by atoms with Crippen LogP contribution in [0.25, 0.3) is 0 Å². The zero-order valence-corrected chi connectivity index (χ0v) is 13.0. The van der Waals surface area contributed by atoms with Gasteiger partial charge in [-0.25, -0.2) is 4.79 Å². The van der Waals surface area contributed by atoms with Crippen molar-refractivity contribution in [2.24, 2.45) is 5.92 Å². The number of esters is 1. The maximum Gasteiger partial charge on any atom is 0.337 e. The van der Waals surface area contributed by atoms with Crippen LogP contribution < -0.4 is 0 Å². The summed E-state index contributed by atoms with van der Waals surface area (Å²) in [6.45, 7) is 1.70. The summed E-state index contributed by atoms with van der Waals surface area (Å²) in [4.78, 5) is 25.4. The van der Waals surface area contributed by atoms with Crippen molar-refractivity contribution >= 4 is 11.9 Å². The lowest BCUT2D eigenvalue weighted by Gasteiger charge is -2.31. The van der Waals surface area contributed by atoms with E-state index in [2.05, 4.69) is 4.74 Å². The van der Waals surface area contributed by atoms with Gasteiger partial charge in [-0.05, 0) is 42.9 Å². The van der Waals surface area contributed by atoms with Gasteiger partial charge in [-0.2, -0.15) is 0 Å². The standard InChI is InChI=1S/C17H23NO4/c1-22-17(21)15-5-2-13(3-6-15)4-7-16(20)18-10-8-14(12-19)9-11-18/h2-3,5-6,14,19H,4,7-12H2,1H3. The second kappa shape index (κ2) is 7.94. The Morgan fingerprint density at radius 1 is 1.23 bits per heavy atom. The van der Waals surface area contributed by atoms with Crippen LogP contribution in [-0.4, -0.2) is 48.7 Å². The maximum absolute atomic E-state index is 12.2. The first-order valence-electron chi connectivity index (χ1n) is 7.70. The zero-order valence-electron chi connectivity index (χ0n) is 13.0. The summed E-state index contributed by atoms with van der Waals surface area (Å²) in [6.07, 6.45) is 2.91. The molecule has 0 atom stereocenters. The van der Waals surface area contributed by atoms with Crippen LogP contribution in [0.5, 0.6) is 0 Å². The molecule has 0 spiro atoms. The number of carbonyl (C=O) groups is 2. The van der Waals surface area contributed by atoms with E-state index in [9.17, 15) is 9.59 Å². The molecular formula is C17H23NO4. The fraction of sp³-hybridized carbons (Fsp3) is 0.529. The third-order valence-electron chi connectivity index (χ3n) is 4.23. The van der Waals surface area contributed by atoms with Crippen LogP contribution in [0.2, 0.25) is 0 Å². The van der Waals surface area contributed by atoms with Crippen molar-refractivity contribution in [2.45, 2.75) is 25.7 Å². The van der Waals surface area contributed by atoms with Crippen molar-refractivity contribution in [2.75, 3.05) is 26.8 Å². The van der Waals surface area contributed by atoms with E-state index in [1.54, 1.807) is 12.1 Å². The Labute approximate surface area is 130 Å². The molecule has 5 heteroatoms. The van der Waals surface area contributed by atoms with Crippen LogP contribution in [0.3, 0.4) is 0 Å². The van der Waals surface area contributed by atoms with Crippen molar-refractivity contribution < 1.29 is 19.4 Å². The Hall–Kier alpha value is -1.88. The number of ether oxygens (including phenoxy) is 1. The Morgan fingerprint density at radius 3 is 2.41 bits per heavy atom. The summed E-state index contributed by atoms with van der Waals surface area (Å²) in [6, 6.07) is 7.16. The largest absolute Gasteiger partial charge is 0.465 e. The molecule has 0 aromatic heterocycles. The first-order chi connectivity index (χ1) is 10.6. The number of nitrogens with zero attached hydrogens (tertiary/aromatic N) is 1. The zero-order chi connectivity index (χ0) is 15.9. The summed E-state index contributed by atoms with van der Waals surface area (Å²) < 4.78 is 4.65. The van der Waals surface area contributed by atoms with E-state index in [-0.39, 0.29) is 18.5 Å². The third-order valence-corrected chi connectivity index (χ3v) is 4.23. The van der Waals surface area contributed by atoms with Crippen molar-refractivity contribution in [3.8, 4) is 0 Å². The first-order valence-corrected chi connectivity index (χ1v) is 7.70. The van der Waals surface area contributed by atoms with Crippen LogP contribution in [0.4, 0.5) is 0 Å². The van der Waals surface area contributed by atoms with Gasteiger partial charge in [0.25, 0.3) is 0 Å². The summed E-state index contributed by atoms with van der Waals surface area (Å²) >= 11 is 0. The summed E-state index contributed by atoms with van der Waals surface area (Å²) in [5.41, 5.74) is 1.55. The number of hydrogen-bond donors (Lipinski definition) is 1. The third kappa shape index (κ3) is 4.31. The number of amides is 1. The molecular weight excluding hydrogens is 282 g/mol. The van der Waals surface area contributed by atoms with E-state index < -0.39 is 0 Å². The number of rotatable bonds is 5. The number of benzene rings is 1. The topological polar surface area (TPSA) is 66.8 Å². The molecule has 5 nitrogen and oxygen atoms in total. The molecule has 1 N–H and O–H groups in total. The Morgan fingerprint density at radius 2 is 1.86 bits per heavy atom. The molecule has 1 aromatic rings. The highest BCUT2D eigenvalue weighted by atomic mass is 16.5. The molecule has 0 saturated carbocycles. The molecule has 0 radical (unpaired) electrons. The molecule has 1 aromatic carbocycles. The van der Waals surface area contributed by atoms with E-state index in [0.29, 0.717) is 24.3 Å². The normalized spacial score (nSPS) is 15.6. The molecule has 120 valence electrons. The van der Waals surface area contributed by atoms with Gasteiger partial charge in [0.15, 0.2) is 0 Å². The van der Waals surface area contributed by atoms with Gasteiger partial charge in [0.1, 0.15) is 0 Å². The van der Waals surface area contributed by atoms with Gasteiger partial charge in [0.2, 0.25) is 5.91 Å².